The number of nitrogens with zero attached hydrogens (tertiary/aromatic N) is 1. The minimum atomic E-state index is 0.499. The maximum atomic E-state index is 2.82. The van der Waals surface area contributed by atoms with Gasteiger partial charge in [0.2, 0.25) is 0 Å². The van der Waals surface area contributed by atoms with Crippen LogP contribution in [0.15, 0.2) is 0 Å². The molecule has 0 saturated carbocycles. The maximum absolute atomic E-state index is 2.82. The Morgan fingerprint density at radius 1 is 0.875 bits per heavy atom. The van der Waals surface area contributed by atoms with Crippen LogP contribution in [0.4, 0.5) is 0 Å². The van der Waals surface area contributed by atoms with Crippen LogP contribution >= 0.6 is 0 Å². The smallest absolute Gasteiger partial charge is 0.00953 e. The summed E-state index contributed by atoms with van der Waals surface area (Å²) in [6, 6.07) is 0.930. The zero-order chi connectivity index (χ0) is 11.6. The van der Waals surface area contributed by atoms with E-state index in [4.69, 9.17) is 0 Å². The number of piperidine rings is 1. The summed E-state index contributed by atoms with van der Waals surface area (Å²) in [6.07, 6.45) is 10.2. The first kappa shape index (κ1) is 12.4. The third kappa shape index (κ3) is 3.00. The largest absolute Gasteiger partial charge is 0.300 e. The summed E-state index contributed by atoms with van der Waals surface area (Å²) in [5, 5.41) is 0. The number of fused-ring (bicyclic) bond motifs is 1. The third-order valence-corrected chi connectivity index (χ3v) is 4.77. The van der Waals surface area contributed by atoms with Crippen LogP contribution in [0.2, 0.25) is 0 Å². The molecule has 16 heavy (non-hydrogen) atoms. The van der Waals surface area contributed by atoms with E-state index in [0.29, 0.717) is 5.41 Å². The molecule has 1 nitrogen and oxygen atoms in total. The van der Waals surface area contributed by atoms with Gasteiger partial charge in [0.15, 0.2) is 0 Å². The lowest BCUT2D eigenvalue weighted by molar-refractivity contribution is 0.0635. The monoisotopic (exact) mass is 223 g/mol. The number of hydrogen-bond donors (Lipinski definition) is 0. The van der Waals surface area contributed by atoms with Crippen molar-refractivity contribution in [3.63, 3.8) is 0 Å². The first-order chi connectivity index (χ1) is 7.57. The molecule has 0 aromatic rings. The van der Waals surface area contributed by atoms with Gasteiger partial charge in [-0.3, -0.25) is 0 Å². The van der Waals surface area contributed by atoms with E-state index in [2.05, 4.69) is 25.7 Å². The Bertz CT molecular complexity index is 216. The summed E-state index contributed by atoms with van der Waals surface area (Å²) in [5.41, 5.74) is 0.499. The van der Waals surface area contributed by atoms with E-state index >= 15 is 0 Å². The van der Waals surface area contributed by atoms with Gasteiger partial charge in [-0.2, -0.15) is 0 Å². The molecule has 0 N–H and O–H groups in total. The highest BCUT2D eigenvalue weighted by molar-refractivity contribution is 4.85. The molecule has 94 valence electrons. The summed E-state index contributed by atoms with van der Waals surface area (Å²) >= 11 is 0. The van der Waals surface area contributed by atoms with Gasteiger partial charge in [-0.15, -0.1) is 0 Å². The van der Waals surface area contributed by atoms with E-state index < -0.39 is 0 Å². The molecular formula is C15H29N. The third-order valence-electron chi connectivity index (χ3n) is 4.77. The Morgan fingerprint density at radius 3 is 2.19 bits per heavy atom. The first-order valence-corrected chi connectivity index (χ1v) is 7.31. The summed E-state index contributed by atoms with van der Waals surface area (Å²) in [4.78, 5) is 2.82. The molecule has 1 heteroatoms. The van der Waals surface area contributed by atoms with Gasteiger partial charge in [-0.25, -0.2) is 0 Å². The molecule has 0 aromatic carbocycles. The van der Waals surface area contributed by atoms with Gasteiger partial charge in [0, 0.05) is 12.6 Å². The quantitative estimate of drug-likeness (QED) is 0.598. The Labute approximate surface area is 102 Å². The van der Waals surface area contributed by atoms with E-state index in [9.17, 15) is 0 Å². The maximum Gasteiger partial charge on any atom is 0.00953 e. The van der Waals surface area contributed by atoms with Crippen molar-refractivity contribution < 1.29 is 0 Å². The fraction of sp³-hybridized carbons (Fsp3) is 1.00. The standard InChI is InChI=1S/C15H29N/c1-15(2,3)13-8-4-5-9-14-10-6-7-11-16(14)12-13/h13-14H,4-12H2,1-3H3. The summed E-state index contributed by atoms with van der Waals surface area (Å²) in [5.74, 6) is 0.911. The molecule has 0 radical (unpaired) electrons. The molecule has 2 unspecified atom stereocenters. The van der Waals surface area contributed by atoms with Crippen LogP contribution in [0.5, 0.6) is 0 Å². The van der Waals surface area contributed by atoms with Crippen molar-refractivity contribution in [2.45, 2.75) is 71.8 Å². The van der Waals surface area contributed by atoms with Crippen LogP contribution in [-0.4, -0.2) is 24.0 Å². The average molecular weight is 223 g/mol. The molecule has 0 aromatic heterocycles. The highest BCUT2D eigenvalue weighted by Crippen LogP contribution is 2.35. The Hall–Kier alpha value is -0.0400. The zero-order valence-electron chi connectivity index (χ0n) is 11.5. The van der Waals surface area contributed by atoms with E-state index in [1.54, 1.807) is 0 Å². The van der Waals surface area contributed by atoms with E-state index in [0.717, 1.165) is 12.0 Å². The van der Waals surface area contributed by atoms with Crippen LogP contribution in [-0.2, 0) is 0 Å². The molecule has 0 bridgehead atoms. The SMILES string of the molecule is CC(C)(C)C1CCCCC2CCCCN2C1. The lowest BCUT2D eigenvalue weighted by Gasteiger charge is -2.43. The molecular weight excluding hydrogens is 194 g/mol. The molecule has 2 fully saturated rings. The van der Waals surface area contributed by atoms with Gasteiger partial charge in [0.1, 0.15) is 0 Å². The predicted octanol–water partition coefficient (Wildman–Crippen LogP) is 4.08. The molecule has 2 atom stereocenters. The Kier molecular flexibility index (Phi) is 3.94. The summed E-state index contributed by atoms with van der Waals surface area (Å²) < 4.78 is 0. The molecule has 2 rings (SSSR count). The number of hydrogen-bond acceptors (Lipinski definition) is 1. The van der Waals surface area contributed by atoms with Crippen LogP contribution in [0, 0.1) is 11.3 Å². The second kappa shape index (κ2) is 5.08. The Balaban J connectivity index is 2.01. The topological polar surface area (TPSA) is 3.24 Å². The molecule has 2 aliphatic rings. The van der Waals surface area contributed by atoms with Crippen molar-refractivity contribution in [1.82, 2.24) is 4.90 Å². The van der Waals surface area contributed by atoms with Gasteiger partial charge in [0.25, 0.3) is 0 Å². The average Bonchev–Trinajstić information content (AvgIpc) is 2.17. The van der Waals surface area contributed by atoms with Crippen molar-refractivity contribution in [1.29, 1.82) is 0 Å². The Morgan fingerprint density at radius 2 is 1.50 bits per heavy atom. The molecule has 2 heterocycles. The van der Waals surface area contributed by atoms with Gasteiger partial charge < -0.3 is 4.90 Å². The van der Waals surface area contributed by atoms with Gasteiger partial charge in [0.05, 0.1) is 0 Å². The fourth-order valence-corrected chi connectivity index (χ4v) is 3.48. The number of rotatable bonds is 0. The highest BCUT2D eigenvalue weighted by Gasteiger charge is 2.31. The predicted molar refractivity (Wildman–Crippen MR) is 70.6 cm³/mol. The minimum absolute atomic E-state index is 0.499. The fourth-order valence-electron chi connectivity index (χ4n) is 3.48. The summed E-state index contributed by atoms with van der Waals surface area (Å²) in [7, 11) is 0. The van der Waals surface area contributed by atoms with Crippen molar-refractivity contribution in [2.75, 3.05) is 13.1 Å². The van der Waals surface area contributed by atoms with Crippen LogP contribution < -0.4 is 0 Å². The van der Waals surface area contributed by atoms with Crippen molar-refractivity contribution in [2.24, 2.45) is 11.3 Å². The van der Waals surface area contributed by atoms with Gasteiger partial charge in [-0.1, -0.05) is 40.0 Å². The normalized spacial score (nSPS) is 33.9. The summed E-state index contributed by atoms with van der Waals surface area (Å²) in [6.45, 7) is 10.0. The lowest BCUT2D eigenvalue weighted by Crippen LogP contribution is -2.45. The lowest BCUT2D eigenvalue weighted by atomic mass is 9.75. The molecule has 0 aliphatic carbocycles. The molecule has 2 saturated heterocycles. The van der Waals surface area contributed by atoms with E-state index in [1.807, 2.05) is 0 Å². The van der Waals surface area contributed by atoms with Crippen LogP contribution in [0.3, 0.4) is 0 Å². The molecule has 2 aliphatic heterocycles. The van der Waals surface area contributed by atoms with Crippen LogP contribution in [0.25, 0.3) is 0 Å². The minimum Gasteiger partial charge on any atom is -0.300 e. The van der Waals surface area contributed by atoms with Crippen molar-refractivity contribution in [3.8, 4) is 0 Å². The van der Waals surface area contributed by atoms with Crippen LogP contribution in [0.1, 0.15) is 65.7 Å². The molecule has 0 amide bonds. The molecule has 0 spiro atoms. The second-order valence-corrected chi connectivity index (χ2v) is 6.99. The van der Waals surface area contributed by atoms with Gasteiger partial charge in [-0.05, 0) is 43.6 Å². The van der Waals surface area contributed by atoms with Crippen molar-refractivity contribution in [3.05, 3.63) is 0 Å². The van der Waals surface area contributed by atoms with E-state index in [-0.39, 0.29) is 0 Å². The van der Waals surface area contributed by atoms with Crippen molar-refractivity contribution >= 4 is 0 Å². The second-order valence-electron chi connectivity index (χ2n) is 6.99. The zero-order valence-corrected chi connectivity index (χ0v) is 11.5. The highest BCUT2D eigenvalue weighted by atomic mass is 15.2. The van der Waals surface area contributed by atoms with Gasteiger partial charge >= 0.3 is 0 Å². The van der Waals surface area contributed by atoms with E-state index in [1.165, 1.54) is 58.0 Å². The first-order valence-electron chi connectivity index (χ1n) is 7.31.